The van der Waals surface area contributed by atoms with Crippen molar-refractivity contribution in [3.8, 4) is 0 Å². The van der Waals surface area contributed by atoms with Crippen molar-refractivity contribution >= 4 is 20.0 Å². The fraction of sp³-hybridized carbons (Fsp3) is 0.462. The molecule has 1 rings (SSSR count). The fourth-order valence-corrected chi connectivity index (χ4v) is 2.12. The maximum atomic E-state index is 12.1. The largest absolute Gasteiger partial charge is 0.515 e. The average Bonchev–Trinajstić information content (AvgIpc) is 2.26. The molecule has 0 aliphatic rings. The number of hydrogen-bond donors (Lipinski definition) is 0. The van der Waals surface area contributed by atoms with Crippen molar-refractivity contribution in [2.75, 3.05) is 0 Å². The van der Waals surface area contributed by atoms with Gasteiger partial charge in [0.05, 0.1) is 4.92 Å². The molecule has 0 atom stereocenters. The summed E-state index contributed by atoms with van der Waals surface area (Å²) >= 11 is 0. The highest BCUT2D eigenvalue weighted by atomic mass is 28.4. The van der Waals surface area contributed by atoms with Crippen LogP contribution >= 0.6 is 0 Å². The van der Waals surface area contributed by atoms with E-state index in [4.69, 9.17) is 4.43 Å². The zero-order valence-electron chi connectivity index (χ0n) is 11.9. The van der Waals surface area contributed by atoms with E-state index in [1.165, 1.54) is 18.2 Å². The zero-order valence-corrected chi connectivity index (χ0v) is 12.9. The zero-order chi connectivity index (χ0) is 14.8. The summed E-state index contributed by atoms with van der Waals surface area (Å²) in [6.07, 6.45) is 0. The predicted molar refractivity (Wildman–Crippen MR) is 75.7 cm³/mol. The molecule has 0 saturated heterocycles. The minimum absolute atomic E-state index is 0.0114. The van der Waals surface area contributed by atoms with Crippen LogP contribution in [0.3, 0.4) is 0 Å². The van der Waals surface area contributed by atoms with Gasteiger partial charge in [-0.3, -0.25) is 10.1 Å². The molecule has 0 amide bonds. The Morgan fingerprint density at radius 3 is 2.26 bits per heavy atom. The number of nitro benzene ring substituents is 1. The Morgan fingerprint density at radius 1 is 1.26 bits per heavy atom. The Kier molecular flexibility index (Phi) is 4.14. The monoisotopic (exact) mass is 281 g/mol. The second-order valence-corrected chi connectivity index (χ2v) is 10.6. The number of carbonyl (C=O) groups excluding carboxylic acids is 1. The van der Waals surface area contributed by atoms with Crippen molar-refractivity contribution < 1.29 is 14.1 Å². The third-order valence-corrected chi connectivity index (χ3v) is 7.78. The van der Waals surface area contributed by atoms with Gasteiger partial charge in [0.1, 0.15) is 5.56 Å². The van der Waals surface area contributed by atoms with Crippen LogP contribution in [-0.2, 0) is 4.43 Å². The first-order valence-electron chi connectivity index (χ1n) is 6.03. The van der Waals surface area contributed by atoms with E-state index in [2.05, 4.69) is 0 Å². The molecule has 1 aromatic carbocycles. The Hall–Kier alpha value is -1.69. The SMILES string of the molecule is CC(C)(C)[Si](C)(C)OC(=O)c1ccccc1[N+](=O)[O-]. The van der Waals surface area contributed by atoms with Crippen molar-refractivity contribution in [3.05, 3.63) is 39.9 Å². The molecule has 5 nitrogen and oxygen atoms in total. The summed E-state index contributed by atoms with van der Waals surface area (Å²) in [5.41, 5.74) is -0.205. The molecular weight excluding hydrogens is 262 g/mol. The third-order valence-electron chi connectivity index (χ3n) is 3.47. The van der Waals surface area contributed by atoms with Crippen LogP contribution in [-0.4, -0.2) is 19.2 Å². The molecule has 19 heavy (non-hydrogen) atoms. The molecular formula is C13H19NO4Si. The summed E-state index contributed by atoms with van der Waals surface area (Å²) in [6, 6.07) is 5.85. The van der Waals surface area contributed by atoms with E-state index in [0.29, 0.717) is 0 Å². The van der Waals surface area contributed by atoms with Crippen LogP contribution in [0.4, 0.5) is 5.69 Å². The maximum absolute atomic E-state index is 12.1. The highest BCUT2D eigenvalue weighted by molar-refractivity contribution is 6.75. The van der Waals surface area contributed by atoms with Gasteiger partial charge in [-0.1, -0.05) is 32.9 Å². The first-order valence-corrected chi connectivity index (χ1v) is 8.94. The summed E-state index contributed by atoms with van der Waals surface area (Å²) in [6.45, 7) is 9.88. The minimum Gasteiger partial charge on any atom is -0.515 e. The molecule has 0 unspecified atom stereocenters. The van der Waals surface area contributed by atoms with Crippen LogP contribution in [0.5, 0.6) is 0 Å². The number of carbonyl (C=O) groups is 1. The number of para-hydroxylation sites is 1. The van der Waals surface area contributed by atoms with Gasteiger partial charge >= 0.3 is 5.97 Å². The Labute approximate surface area is 113 Å². The molecule has 1 aromatic rings. The predicted octanol–water partition coefficient (Wildman–Crippen LogP) is 3.76. The first kappa shape index (κ1) is 15.4. The van der Waals surface area contributed by atoms with Gasteiger partial charge in [-0.15, -0.1) is 0 Å². The van der Waals surface area contributed by atoms with Gasteiger partial charge < -0.3 is 4.43 Å². The number of hydrogen-bond acceptors (Lipinski definition) is 4. The molecule has 6 heteroatoms. The normalized spacial score (nSPS) is 12.1. The van der Waals surface area contributed by atoms with Gasteiger partial charge in [-0.25, -0.2) is 4.79 Å². The van der Waals surface area contributed by atoms with Crippen LogP contribution in [0.25, 0.3) is 0 Å². The van der Waals surface area contributed by atoms with Crippen molar-refractivity contribution in [2.45, 2.75) is 38.9 Å². The van der Waals surface area contributed by atoms with E-state index in [1.54, 1.807) is 6.07 Å². The summed E-state index contributed by atoms with van der Waals surface area (Å²) in [4.78, 5) is 22.5. The van der Waals surface area contributed by atoms with Gasteiger partial charge in [-0.05, 0) is 24.2 Å². The summed E-state index contributed by atoms with van der Waals surface area (Å²) < 4.78 is 5.57. The molecule has 0 heterocycles. The van der Waals surface area contributed by atoms with E-state index in [-0.39, 0.29) is 16.3 Å². The smallest absolute Gasteiger partial charge is 0.331 e. The van der Waals surface area contributed by atoms with E-state index in [0.717, 1.165) is 0 Å². The van der Waals surface area contributed by atoms with Crippen LogP contribution in [0.1, 0.15) is 31.1 Å². The quantitative estimate of drug-likeness (QED) is 0.480. The van der Waals surface area contributed by atoms with Crippen molar-refractivity contribution in [1.29, 1.82) is 0 Å². The lowest BCUT2D eigenvalue weighted by molar-refractivity contribution is -0.385. The van der Waals surface area contributed by atoms with E-state index in [9.17, 15) is 14.9 Å². The van der Waals surface area contributed by atoms with Gasteiger partial charge in [0.2, 0.25) is 0 Å². The minimum atomic E-state index is -2.28. The van der Waals surface area contributed by atoms with Gasteiger partial charge in [0.25, 0.3) is 14.0 Å². The molecule has 0 aliphatic carbocycles. The van der Waals surface area contributed by atoms with Crippen molar-refractivity contribution in [2.24, 2.45) is 0 Å². The molecule has 0 saturated carbocycles. The molecule has 0 aliphatic heterocycles. The third kappa shape index (κ3) is 3.41. The number of benzene rings is 1. The topological polar surface area (TPSA) is 69.4 Å². The number of nitro groups is 1. The lowest BCUT2D eigenvalue weighted by atomic mass is 10.2. The van der Waals surface area contributed by atoms with Crippen molar-refractivity contribution in [1.82, 2.24) is 0 Å². The number of rotatable bonds is 3. The lowest BCUT2D eigenvalue weighted by Gasteiger charge is -2.35. The molecule has 0 spiro atoms. The molecule has 0 aromatic heterocycles. The van der Waals surface area contributed by atoms with Gasteiger partial charge in [0, 0.05) is 6.07 Å². The highest BCUT2D eigenvalue weighted by Crippen LogP contribution is 2.37. The van der Waals surface area contributed by atoms with Crippen molar-refractivity contribution in [3.63, 3.8) is 0 Å². The standard InChI is InChI=1S/C13H19NO4Si/c1-13(2,3)19(4,5)18-12(15)10-8-6-7-9-11(10)14(16)17/h6-9H,1-5H3. The Morgan fingerprint density at radius 2 is 1.79 bits per heavy atom. The van der Waals surface area contributed by atoms with E-state index >= 15 is 0 Å². The highest BCUT2D eigenvalue weighted by Gasteiger charge is 2.41. The average molecular weight is 281 g/mol. The first-order chi connectivity index (χ1) is 8.56. The van der Waals surface area contributed by atoms with E-state index < -0.39 is 19.2 Å². The summed E-state index contributed by atoms with van der Waals surface area (Å²) in [5.74, 6) is -0.612. The molecule has 0 bridgehead atoms. The van der Waals surface area contributed by atoms with Crippen LogP contribution in [0, 0.1) is 10.1 Å². The van der Waals surface area contributed by atoms with Gasteiger partial charge in [0.15, 0.2) is 0 Å². The Balaban J connectivity index is 3.07. The van der Waals surface area contributed by atoms with Crippen LogP contribution < -0.4 is 0 Å². The molecule has 0 N–H and O–H groups in total. The lowest BCUT2D eigenvalue weighted by Crippen LogP contribution is -2.42. The Bertz CT molecular complexity index is 506. The molecule has 0 radical (unpaired) electrons. The maximum Gasteiger partial charge on any atom is 0.331 e. The number of nitrogens with zero attached hydrogens (tertiary/aromatic N) is 1. The summed E-state index contributed by atoms with van der Waals surface area (Å²) in [5, 5.41) is 10.8. The molecule has 0 fully saturated rings. The van der Waals surface area contributed by atoms with Crippen LogP contribution in [0.2, 0.25) is 18.1 Å². The molecule has 104 valence electrons. The second kappa shape index (κ2) is 5.12. The fourth-order valence-electron chi connectivity index (χ4n) is 1.25. The van der Waals surface area contributed by atoms with Gasteiger partial charge in [-0.2, -0.15) is 0 Å². The summed E-state index contributed by atoms with van der Waals surface area (Å²) in [7, 11) is -2.28. The second-order valence-electron chi connectivity index (χ2n) is 5.92. The van der Waals surface area contributed by atoms with E-state index in [1.807, 2.05) is 33.9 Å². The van der Waals surface area contributed by atoms with Crippen LogP contribution in [0.15, 0.2) is 24.3 Å².